The molecule has 32 heavy (non-hydrogen) atoms. The summed E-state index contributed by atoms with van der Waals surface area (Å²) in [4.78, 5) is 0. The van der Waals surface area contributed by atoms with E-state index in [1.807, 2.05) is 61.5 Å². The molecule has 168 valence electrons. The molecule has 1 N–H and O–H groups in total. The molecule has 0 heterocycles. The van der Waals surface area contributed by atoms with E-state index in [4.69, 9.17) is 14.9 Å². The van der Waals surface area contributed by atoms with Crippen LogP contribution in [0.3, 0.4) is 0 Å². The molecule has 0 unspecified atom stereocenters. The first-order valence-electron chi connectivity index (χ1n) is 11.0. The molecule has 0 fully saturated rings. The van der Waals surface area contributed by atoms with Crippen molar-refractivity contribution in [1.29, 1.82) is 5.41 Å². The van der Waals surface area contributed by atoms with Crippen molar-refractivity contribution in [2.45, 2.75) is 46.8 Å². The maximum atomic E-state index is 6.95. The molecule has 3 heteroatoms. The minimum Gasteiger partial charge on any atom is -0.493 e. The van der Waals surface area contributed by atoms with Gasteiger partial charge in [0.25, 0.3) is 0 Å². The third-order valence-electron chi connectivity index (χ3n) is 4.90. The van der Waals surface area contributed by atoms with Crippen molar-refractivity contribution in [1.82, 2.24) is 0 Å². The van der Waals surface area contributed by atoms with E-state index in [1.165, 1.54) is 0 Å². The number of nitrogens with one attached hydrogen (secondary N) is 1. The fraction of sp³-hybridized carbons (Fsp3) is 0.276. The average molecular weight is 430 g/mol. The molecule has 0 aromatic heterocycles. The Labute approximate surface area is 193 Å². The largest absolute Gasteiger partial charge is 0.493 e. The van der Waals surface area contributed by atoms with Gasteiger partial charge in [0.2, 0.25) is 0 Å². The van der Waals surface area contributed by atoms with E-state index in [2.05, 4.69) is 43.8 Å². The van der Waals surface area contributed by atoms with Crippen LogP contribution in [0, 0.1) is 11.3 Å². The van der Waals surface area contributed by atoms with Gasteiger partial charge in [0.15, 0.2) is 0 Å². The first-order chi connectivity index (χ1) is 15.5. The SMILES string of the molecule is C/C=C\CC(C)=N.C=C(C)[C@H]1C=C(OCc2ccccc2)C=C(OCc2ccccc2)C1. The monoisotopic (exact) mass is 429 g/mol. The van der Waals surface area contributed by atoms with E-state index < -0.39 is 0 Å². The number of hydrogen-bond donors (Lipinski definition) is 1. The summed E-state index contributed by atoms with van der Waals surface area (Å²) >= 11 is 0. The third kappa shape index (κ3) is 9.65. The van der Waals surface area contributed by atoms with E-state index in [1.54, 1.807) is 6.92 Å². The zero-order chi connectivity index (χ0) is 23.2. The maximum Gasteiger partial charge on any atom is 0.119 e. The predicted molar refractivity (Wildman–Crippen MR) is 134 cm³/mol. The van der Waals surface area contributed by atoms with Gasteiger partial charge in [0, 0.05) is 30.5 Å². The second kappa shape index (κ2) is 13.9. The zero-order valence-corrected chi connectivity index (χ0v) is 19.5. The molecule has 0 amide bonds. The lowest BCUT2D eigenvalue weighted by atomic mass is 9.92. The van der Waals surface area contributed by atoms with Gasteiger partial charge in [-0.2, -0.15) is 0 Å². The van der Waals surface area contributed by atoms with Gasteiger partial charge in [-0.1, -0.05) is 85.0 Å². The van der Waals surface area contributed by atoms with Gasteiger partial charge < -0.3 is 14.9 Å². The second-order valence-corrected chi connectivity index (χ2v) is 7.94. The Bertz CT molecular complexity index is 940. The molecule has 1 atom stereocenters. The Morgan fingerprint density at radius 2 is 1.53 bits per heavy atom. The minimum absolute atomic E-state index is 0.251. The molecule has 3 nitrogen and oxygen atoms in total. The van der Waals surface area contributed by atoms with Gasteiger partial charge >= 0.3 is 0 Å². The van der Waals surface area contributed by atoms with Gasteiger partial charge in [-0.25, -0.2) is 0 Å². The van der Waals surface area contributed by atoms with Crippen molar-refractivity contribution >= 4 is 5.71 Å². The second-order valence-electron chi connectivity index (χ2n) is 7.94. The van der Waals surface area contributed by atoms with Gasteiger partial charge in [0.1, 0.15) is 24.7 Å². The van der Waals surface area contributed by atoms with E-state index >= 15 is 0 Å². The minimum atomic E-state index is 0.251. The number of benzene rings is 2. The van der Waals surface area contributed by atoms with Crippen LogP contribution in [-0.4, -0.2) is 5.71 Å². The van der Waals surface area contributed by atoms with Crippen LogP contribution in [0.1, 0.15) is 44.7 Å². The molecule has 0 aliphatic heterocycles. The summed E-state index contributed by atoms with van der Waals surface area (Å²) in [5, 5.41) is 6.95. The Kier molecular flexibility index (Phi) is 10.8. The first kappa shape index (κ1) is 24.9. The molecule has 0 saturated carbocycles. The molecule has 3 rings (SSSR count). The summed E-state index contributed by atoms with van der Waals surface area (Å²) in [5.41, 5.74) is 4.16. The van der Waals surface area contributed by atoms with Gasteiger partial charge in [-0.3, -0.25) is 0 Å². The number of allylic oxidation sites excluding steroid dienone is 6. The van der Waals surface area contributed by atoms with Crippen molar-refractivity contribution in [2.24, 2.45) is 5.92 Å². The smallest absolute Gasteiger partial charge is 0.119 e. The third-order valence-corrected chi connectivity index (χ3v) is 4.90. The van der Waals surface area contributed by atoms with Crippen LogP contribution in [0.4, 0.5) is 0 Å². The van der Waals surface area contributed by atoms with Crippen LogP contribution in [0.2, 0.25) is 0 Å². The molecule has 0 saturated heterocycles. The first-order valence-corrected chi connectivity index (χ1v) is 11.0. The molecule has 1 aliphatic rings. The van der Waals surface area contributed by atoms with Crippen LogP contribution < -0.4 is 0 Å². The van der Waals surface area contributed by atoms with Gasteiger partial charge in [-0.05, 0) is 38.0 Å². The van der Waals surface area contributed by atoms with Crippen molar-refractivity contribution in [2.75, 3.05) is 0 Å². The van der Waals surface area contributed by atoms with E-state index in [0.29, 0.717) is 13.2 Å². The Morgan fingerprint density at radius 3 is 2.00 bits per heavy atom. The van der Waals surface area contributed by atoms with E-state index in [9.17, 15) is 0 Å². The lowest BCUT2D eigenvalue weighted by Crippen LogP contribution is -2.10. The summed E-state index contributed by atoms with van der Waals surface area (Å²) in [5.74, 6) is 2.05. The summed E-state index contributed by atoms with van der Waals surface area (Å²) in [6, 6.07) is 20.4. The Hall–Kier alpha value is -3.33. The van der Waals surface area contributed by atoms with Gasteiger partial charge in [0.05, 0.1) is 0 Å². The highest BCUT2D eigenvalue weighted by Gasteiger charge is 2.18. The Balaban J connectivity index is 0.000000451. The van der Waals surface area contributed by atoms with Crippen molar-refractivity contribution in [3.8, 4) is 0 Å². The van der Waals surface area contributed by atoms with E-state index in [0.717, 1.165) is 46.8 Å². The number of hydrogen-bond acceptors (Lipinski definition) is 3. The van der Waals surface area contributed by atoms with Crippen molar-refractivity contribution in [3.63, 3.8) is 0 Å². The quantitative estimate of drug-likeness (QED) is 0.327. The maximum absolute atomic E-state index is 6.95. The van der Waals surface area contributed by atoms with Crippen LogP contribution in [0.25, 0.3) is 0 Å². The molecule has 2 aromatic rings. The number of rotatable bonds is 9. The van der Waals surface area contributed by atoms with E-state index in [-0.39, 0.29) is 5.92 Å². The summed E-state index contributed by atoms with van der Waals surface area (Å²) < 4.78 is 12.0. The fourth-order valence-corrected chi connectivity index (χ4v) is 3.03. The standard InChI is InChI=1S/C23H24O2.C6H11N/c1-18(2)21-13-22(24-16-19-9-5-3-6-10-19)15-23(14-21)25-17-20-11-7-4-8-12-20;1-3-4-5-6(2)7/h3-13,15,21H,1,14,16-17H2,2H3;3-4,7H,5H2,1-2H3/b;4-3-,7-6?/t21-;/m0./s1. The van der Waals surface area contributed by atoms with Crippen LogP contribution >= 0.6 is 0 Å². The Morgan fingerprint density at radius 1 is 0.969 bits per heavy atom. The molecule has 0 spiro atoms. The summed E-state index contributed by atoms with van der Waals surface area (Å²) in [6.07, 6.45) is 9.71. The zero-order valence-electron chi connectivity index (χ0n) is 19.5. The van der Waals surface area contributed by atoms with Gasteiger partial charge in [-0.15, -0.1) is 0 Å². The highest BCUT2D eigenvalue weighted by molar-refractivity contribution is 5.79. The fourth-order valence-electron chi connectivity index (χ4n) is 3.03. The molecule has 0 bridgehead atoms. The van der Waals surface area contributed by atoms with Crippen LogP contribution in [0.5, 0.6) is 0 Å². The lowest BCUT2D eigenvalue weighted by Gasteiger charge is -2.22. The lowest BCUT2D eigenvalue weighted by molar-refractivity contribution is 0.167. The summed E-state index contributed by atoms with van der Waals surface area (Å²) in [7, 11) is 0. The highest BCUT2D eigenvalue weighted by Crippen LogP contribution is 2.29. The molecular weight excluding hydrogens is 394 g/mol. The number of ether oxygens (including phenoxy) is 2. The molecule has 1 aliphatic carbocycles. The average Bonchev–Trinajstić information content (AvgIpc) is 2.81. The predicted octanol–water partition coefficient (Wildman–Crippen LogP) is 7.78. The molecule has 2 aromatic carbocycles. The van der Waals surface area contributed by atoms with Crippen LogP contribution in [0.15, 0.2) is 109 Å². The summed E-state index contributed by atoms with van der Waals surface area (Å²) in [6.45, 7) is 11.0. The molecule has 0 radical (unpaired) electrons. The topological polar surface area (TPSA) is 42.3 Å². The van der Waals surface area contributed by atoms with Crippen molar-refractivity contribution in [3.05, 3.63) is 120 Å². The highest BCUT2D eigenvalue weighted by atomic mass is 16.5. The normalized spacial score (nSPS) is 15.2. The van der Waals surface area contributed by atoms with Crippen LogP contribution in [-0.2, 0) is 22.7 Å². The molecular formula is C29H35NO2. The van der Waals surface area contributed by atoms with Crippen molar-refractivity contribution < 1.29 is 9.47 Å².